The minimum absolute atomic E-state index is 0.0269. The number of carbonyl (C=O) groups excluding carboxylic acids is 1. The molecule has 26 heavy (non-hydrogen) atoms. The molecule has 1 N–H and O–H groups in total. The molecule has 0 unspecified atom stereocenters. The highest BCUT2D eigenvalue weighted by Gasteiger charge is 2.18. The third-order valence-electron chi connectivity index (χ3n) is 4.26. The van der Waals surface area contributed by atoms with Crippen molar-refractivity contribution in [2.24, 2.45) is 0 Å². The minimum Gasteiger partial charge on any atom is -0.356 e. The van der Waals surface area contributed by atoms with Crippen molar-refractivity contribution in [3.05, 3.63) is 65.7 Å². The van der Waals surface area contributed by atoms with Gasteiger partial charge in [0.1, 0.15) is 0 Å². The minimum atomic E-state index is -3.46. The molecule has 0 spiro atoms. The normalized spacial score (nSPS) is 12.0. The quantitative estimate of drug-likeness (QED) is 0.808. The fraction of sp³-hybridized carbons (Fsp3) is 0.381. The van der Waals surface area contributed by atoms with Crippen LogP contribution in [-0.4, -0.2) is 26.6 Å². The summed E-state index contributed by atoms with van der Waals surface area (Å²) in [6.07, 6.45) is 0.700. The molecule has 2 rings (SSSR count). The topological polar surface area (TPSA) is 63.2 Å². The lowest BCUT2D eigenvalue weighted by Gasteiger charge is -2.19. The smallest absolute Gasteiger partial charge is 0.221 e. The van der Waals surface area contributed by atoms with Crippen LogP contribution >= 0.6 is 0 Å². The van der Waals surface area contributed by atoms with Gasteiger partial charge in [-0.25, -0.2) is 8.42 Å². The van der Waals surface area contributed by atoms with Crippen LogP contribution in [0.3, 0.4) is 0 Å². The van der Waals surface area contributed by atoms with Crippen LogP contribution in [0.15, 0.2) is 59.5 Å². The number of rotatable bonds is 7. The first-order chi connectivity index (χ1) is 12.2. The largest absolute Gasteiger partial charge is 0.356 e. The Kier molecular flexibility index (Phi) is 6.59. The average Bonchev–Trinajstić information content (AvgIpc) is 2.60. The molecule has 0 heterocycles. The Balaban J connectivity index is 1.84. The van der Waals surface area contributed by atoms with E-state index in [9.17, 15) is 13.2 Å². The fourth-order valence-electron chi connectivity index (χ4n) is 2.59. The Morgan fingerprint density at radius 2 is 1.58 bits per heavy atom. The lowest BCUT2D eigenvalue weighted by atomic mass is 9.87. The Morgan fingerprint density at radius 3 is 2.15 bits per heavy atom. The number of sulfone groups is 1. The number of nitrogens with one attached hydrogen (secondary N) is 1. The Labute approximate surface area is 156 Å². The molecule has 0 aliphatic carbocycles. The molecule has 2 aromatic rings. The highest BCUT2D eigenvalue weighted by molar-refractivity contribution is 7.91. The second-order valence-corrected chi connectivity index (χ2v) is 9.54. The van der Waals surface area contributed by atoms with Crippen molar-refractivity contribution in [2.75, 3.05) is 12.3 Å². The summed E-state index contributed by atoms with van der Waals surface area (Å²) in [6.45, 7) is 6.74. The summed E-state index contributed by atoms with van der Waals surface area (Å²) in [5, 5.41) is 2.78. The van der Waals surface area contributed by atoms with Crippen molar-refractivity contribution in [2.45, 2.75) is 43.9 Å². The lowest BCUT2D eigenvalue weighted by molar-refractivity contribution is -0.120. The van der Waals surface area contributed by atoms with E-state index >= 15 is 0 Å². The standard InChI is InChI=1S/C21H27NO3S/c1-21(2,3)18-9-11-19(12-10-18)26(24,25)16-14-20(23)22-15-13-17-7-5-4-6-8-17/h4-12H,13-16H2,1-3H3,(H,22,23). The van der Waals surface area contributed by atoms with E-state index in [0.29, 0.717) is 6.54 Å². The lowest BCUT2D eigenvalue weighted by Crippen LogP contribution is -2.27. The molecule has 2 aromatic carbocycles. The molecule has 0 bridgehead atoms. The predicted octanol–water partition coefficient (Wildman–Crippen LogP) is 3.51. The van der Waals surface area contributed by atoms with Crippen LogP contribution in [0.1, 0.15) is 38.3 Å². The van der Waals surface area contributed by atoms with Gasteiger partial charge in [0, 0.05) is 13.0 Å². The number of hydrogen-bond acceptors (Lipinski definition) is 3. The van der Waals surface area contributed by atoms with Gasteiger partial charge in [-0.05, 0) is 35.1 Å². The van der Waals surface area contributed by atoms with Gasteiger partial charge in [-0.3, -0.25) is 4.79 Å². The van der Waals surface area contributed by atoms with Crippen LogP contribution in [0, 0.1) is 0 Å². The molecule has 4 nitrogen and oxygen atoms in total. The molecule has 0 atom stereocenters. The van der Waals surface area contributed by atoms with Crippen LogP contribution in [0.4, 0.5) is 0 Å². The van der Waals surface area contributed by atoms with E-state index in [1.807, 2.05) is 42.5 Å². The van der Waals surface area contributed by atoms with Gasteiger partial charge in [0.25, 0.3) is 0 Å². The van der Waals surface area contributed by atoms with Crippen LogP contribution in [0.5, 0.6) is 0 Å². The third-order valence-corrected chi connectivity index (χ3v) is 5.99. The Morgan fingerprint density at radius 1 is 0.962 bits per heavy atom. The average molecular weight is 374 g/mol. The monoisotopic (exact) mass is 373 g/mol. The van der Waals surface area contributed by atoms with Crippen molar-refractivity contribution < 1.29 is 13.2 Å². The molecule has 0 fully saturated rings. The van der Waals surface area contributed by atoms with Crippen molar-refractivity contribution in [3.63, 3.8) is 0 Å². The van der Waals surface area contributed by atoms with Gasteiger partial charge >= 0.3 is 0 Å². The van der Waals surface area contributed by atoms with E-state index in [2.05, 4.69) is 26.1 Å². The summed E-state index contributed by atoms with van der Waals surface area (Å²) in [7, 11) is -3.46. The molecular weight excluding hydrogens is 346 g/mol. The van der Waals surface area contributed by atoms with Gasteiger partial charge in [-0.1, -0.05) is 63.2 Å². The molecule has 0 radical (unpaired) electrons. The zero-order valence-electron chi connectivity index (χ0n) is 15.7. The Bertz CT molecular complexity index is 820. The van der Waals surface area contributed by atoms with Gasteiger partial charge in [0.15, 0.2) is 9.84 Å². The zero-order chi connectivity index (χ0) is 19.2. The summed E-state index contributed by atoms with van der Waals surface area (Å²) in [4.78, 5) is 12.2. The maximum Gasteiger partial charge on any atom is 0.221 e. The summed E-state index contributed by atoms with van der Waals surface area (Å²) >= 11 is 0. The van der Waals surface area contributed by atoms with E-state index in [1.165, 1.54) is 0 Å². The second-order valence-electron chi connectivity index (χ2n) is 7.43. The summed E-state index contributed by atoms with van der Waals surface area (Å²) < 4.78 is 24.8. The van der Waals surface area contributed by atoms with Gasteiger partial charge in [0.2, 0.25) is 5.91 Å². The van der Waals surface area contributed by atoms with Gasteiger partial charge in [-0.2, -0.15) is 0 Å². The Hall–Kier alpha value is -2.14. The molecule has 140 valence electrons. The van der Waals surface area contributed by atoms with Gasteiger partial charge in [0.05, 0.1) is 10.6 Å². The van der Waals surface area contributed by atoms with Gasteiger partial charge < -0.3 is 5.32 Å². The van der Waals surface area contributed by atoms with Crippen molar-refractivity contribution in [1.82, 2.24) is 5.32 Å². The molecule has 0 saturated carbocycles. The number of benzene rings is 2. The highest BCUT2D eigenvalue weighted by atomic mass is 32.2. The van der Waals surface area contributed by atoms with Crippen LogP contribution in [0.25, 0.3) is 0 Å². The second kappa shape index (κ2) is 8.49. The van der Waals surface area contributed by atoms with Crippen LogP contribution < -0.4 is 5.32 Å². The first-order valence-electron chi connectivity index (χ1n) is 8.82. The van der Waals surface area contributed by atoms with E-state index in [1.54, 1.807) is 12.1 Å². The summed E-state index contributed by atoms with van der Waals surface area (Å²) in [6, 6.07) is 16.8. The predicted molar refractivity (Wildman–Crippen MR) is 105 cm³/mol. The maximum absolute atomic E-state index is 12.4. The first kappa shape index (κ1) is 20.2. The van der Waals surface area contributed by atoms with E-state index in [4.69, 9.17) is 0 Å². The molecule has 0 aliphatic rings. The van der Waals surface area contributed by atoms with Crippen molar-refractivity contribution >= 4 is 15.7 Å². The van der Waals surface area contributed by atoms with E-state index < -0.39 is 9.84 Å². The molecule has 5 heteroatoms. The first-order valence-corrected chi connectivity index (χ1v) is 10.5. The maximum atomic E-state index is 12.4. The van der Waals surface area contributed by atoms with E-state index in [-0.39, 0.29) is 28.4 Å². The molecule has 0 aromatic heterocycles. The van der Waals surface area contributed by atoms with Crippen LogP contribution in [-0.2, 0) is 26.5 Å². The summed E-state index contributed by atoms with van der Waals surface area (Å²) in [5.74, 6) is -0.421. The highest BCUT2D eigenvalue weighted by Crippen LogP contribution is 2.23. The zero-order valence-corrected chi connectivity index (χ0v) is 16.5. The summed E-state index contributed by atoms with van der Waals surface area (Å²) in [5.41, 5.74) is 2.19. The molecular formula is C21H27NO3S. The number of hydrogen-bond donors (Lipinski definition) is 1. The fourth-order valence-corrected chi connectivity index (χ4v) is 3.83. The SMILES string of the molecule is CC(C)(C)c1ccc(S(=O)(=O)CCC(=O)NCCc2ccccc2)cc1. The van der Waals surface area contributed by atoms with E-state index in [0.717, 1.165) is 17.5 Å². The molecule has 0 aliphatic heterocycles. The van der Waals surface area contributed by atoms with Gasteiger partial charge in [-0.15, -0.1) is 0 Å². The van der Waals surface area contributed by atoms with Crippen molar-refractivity contribution in [3.8, 4) is 0 Å². The molecule has 0 saturated heterocycles. The number of carbonyl (C=O) groups is 1. The van der Waals surface area contributed by atoms with Crippen molar-refractivity contribution in [1.29, 1.82) is 0 Å². The molecule has 1 amide bonds. The number of amides is 1. The van der Waals surface area contributed by atoms with Crippen LogP contribution in [0.2, 0.25) is 0 Å². The third kappa shape index (κ3) is 5.99.